The first-order valence-corrected chi connectivity index (χ1v) is 7.34. The second-order valence-corrected chi connectivity index (χ2v) is 5.47. The monoisotopic (exact) mass is 304 g/mol. The highest BCUT2D eigenvalue weighted by Crippen LogP contribution is 2.19. The number of nitrogens with one attached hydrogen (secondary N) is 1. The van der Waals surface area contributed by atoms with Crippen LogP contribution in [0, 0.1) is 0 Å². The predicted octanol–water partition coefficient (Wildman–Crippen LogP) is 2.83. The SMILES string of the molecule is CN(C(=O)NCCc1cccs1)c1ccccc1C(=O)O. The van der Waals surface area contributed by atoms with Crippen LogP contribution in [0.15, 0.2) is 41.8 Å². The largest absolute Gasteiger partial charge is 0.478 e. The van der Waals surface area contributed by atoms with Gasteiger partial charge in [0.2, 0.25) is 0 Å². The van der Waals surface area contributed by atoms with Crippen molar-refractivity contribution in [2.75, 3.05) is 18.5 Å². The molecule has 2 N–H and O–H groups in total. The van der Waals surface area contributed by atoms with E-state index in [2.05, 4.69) is 5.32 Å². The van der Waals surface area contributed by atoms with Crippen molar-refractivity contribution in [1.29, 1.82) is 0 Å². The summed E-state index contributed by atoms with van der Waals surface area (Å²) in [5.41, 5.74) is 0.479. The number of anilines is 1. The van der Waals surface area contributed by atoms with Gasteiger partial charge in [-0.05, 0) is 30.0 Å². The molecule has 0 aliphatic carbocycles. The van der Waals surface area contributed by atoms with Gasteiger partial charge in [-0.25, -0.2) is 9.59 Å². The number of benzene rings is 1. The highest BCUT2D eigenvalue weighted by Gasteiger charge is 2.17. The second-order valence-electron chi connectivity index (χ2n) is 4.44. The fourth-order valence-electron chi connectivity index (χ4n) is 1.92. The Morgan fingerprint density at radius 1 is 1.24 bits per heavy atom. The number of hydrogen-bond donors (Lipinski definition) is 2. The van der Waals surface area contributed by atoms with Gasteiger partial charge in [0, 0.05) is 18.5 Å². The molecule has 2 rings (SSSR count). The molecule has 0 bridgehead atoms. The fourth-order valence-corrected chi connectivity index (χ4v) is 2.63. The number of para-hydroxylation sites is 1. The van der Waals surface area contributed by atoms with Gasteiger partial charge < -0.3 is 10.4 Å². The zero-order valence-electron chi connectivity index (χ0n) is 11.6. The molecule has 2 aromatic rings. The number of rotatable bonds is 5. The minimum absolute atomic E-state index is 0.105. The maximum atomic E-state index is 12.1. The average molecular weight is 304 g/mol. The Morgan fingerprint density at radius 2 is 2.00 bits per heavy atom. The van der Waals surface area contributed by atoms with Crippen LogP contribution in [0.2, 0.25) is 0 Å². The summed E-state index contributed by atoms with van der Waals surface area (Å²) in [5, 5.41) is 13.9. The van der Waals surface area contributed by atoms with E-state index in [1.54, 1.807) is 36.6 Å². The highest BCUT2D eigenvalue weighted by atomic mass is 32.1. The zero-order chi connectivity index (χ0) is 15.2. The Morgan fingerprint density at radius 3 is 2.67 bits per heavy atom. The Labute approximate surface area is 126 Å². The first-order valence-electron chi connectivity index (χ1n) is 6.46. The Hall–Kier alpha value is -2.34. The summed E-state index contributed by atoms with van der Waals surface area (Å²) in [6.07, 6.45) is 0.762. The number of urea groups is 1. The summed E-state index contributed by atoms with van der Waals surface area (Å²) in [6.45, 7) is 0.513. The molecule has 0 saturated carbocycles. The van der Waals surface area contributed by atoms with Gasteiger partial charge >= 0.3 is 12.0 Å². The van der Waals surface area contributed by atoms with E-state index >= 15 is 0 Å². The molecule has 2 amide bonds. The van der Waals surface area contributed by atoms with Crippen LogP contribution >= 0.6 is 11.3 Å². The molecule has 0 aliphatic heterocycles. The van der Waals surface area contributed by atoms with Crippen molar-refractivity contribution in [3.8, 4) is 0 Å². The van der Waals surface area contributed by atoms with E-state index in [9.17, 15) is 9.59 Å². The van der Waals surface area contributed by atoms with Gasteiger partial charge in [0.15, 0.2) is 0 Å². The van der Waals surface area contributed by atoms with Crippen LogP contribution in [0.3, 0.4) is 0 Å². The van der Waals surface area contributed by atoms with Crippen LogP contribution in [-0.4, -0.2) is 30.7 Å². The molecule has 0 unspecified atom stereocenters. The summed E-state index contributed by atoms with van der Waals surface area (Å²) in [5.74, 6) is -1.05. The molecule has 110 valence electrons. The smallest absolute Gasteiger partial charge is 0.337 e. The van der Waals surface area contributed by atoms with Gasteiger partial charge in [-0.15, -0.1) is 11.3 Å². The molecule has 6 heteroatoms. The van der Waals surface area contributed by atoms with E-state index in [1.807, 2.05) is 17.5 Å². The first-order chi connectivity index (χ1) is 10.1. The van der Waals surface area contributed by atoms with Crippen molar-refractivity contribution >= 4 is 29.0 Å². The summed E-state index contributed by atoms with van der Waals surface area (Å²) in [7, 11) is 1.56. The number of amides is 2. The highest BCUT2D eigenvalue weighted by molar-refractivity contribution is 7.09. The molecular weight excluding hydrogens is 288 g/mol. The molecule has 0 fully saturated rings. The van der Waals surface area contributed by atoms with Crippen molar-refractivity contribution in [1.82, 2.24) is 5.32 Å². The number of carbonyl (C=O) groups is 2. The number of carbonyl (C=O) groups excluding carboxylic acids is 1. The van der Waals surface area contributed by atoms with Crippen LogP contribution < -0.4 is 10.2 Å². The first kappa shape index (κ1) is 15.1. The van der Waals surface area contributed by atoms with E-state index < -0.39 is 5.97 Å². The number of carboxylic acid groups (broad SMARTS) is 1. The van der Waals surface area contributed by atoms with Crippen LogP contribution in [0.4, 0.5) is 10.5 Å². The normalized spacial score (nSPS) is 10.1. The van der Waals surface area contributed by atoms with Crippen molar-refractivity contribution in [3.05, 3.63) is 52.2 Å². The van der Waals surface area contributed by atoms with E-state index in [4.69, 9.17) is 5.11 Å². The lowest BCUT2D eigenvalue weighted by Crippen LogP contribution is -2.38. The predicted molar refractivity (Wildman–Crippen MR) is 83.2 cm³/mol. The molecule has 1 aromatic heterocycles. The summed E-state index contributed by atoms with van der Waals surface area (Å²) >= 11 is 1.64. The van der Waals surface area contributed by atoms with Crippen LogP contribution in [-0.2, 0) is 6.42 Å². The number of carboxylic acids is 1. The summed E-state index contributed by atoms with van der Waals surface area (Å²) < 4.78 is 0. The van der Waals surface area contributed by atoms with Gasteiger partial charge in [0.1, 0.15) is 0 Å². The molecule has 1 heterocycles. The maximum Gasteiger partial charge on any atom is 0.337 e. The average Bonchev–Trinajstić information content (AvgIpc) is 2.99. The zero-order valence-corrected chi connectivity index (χ0v) is 12.4. The molecule has 5 nitrogen and oxygen atoms in total. The number of nitrogens with zero attached hydrogens (tertiary/aromatic N) is 1. The quantitative estimate of drug-likeness (QED) is 0.892. The van der Waals surface area contributed by atoms with E-state index in [1.165, 1.54) is 15.8 Å². The Bertz CT molecular complexity index is 626. The Kier molecular flexibility index (Phi) is 4.94. The van der Waals surface area contributed by atoms with Gasteiger partial charge in [-0.1, -0.05) is 18.2 Å². The minimum atomic E-state index is -1.05. The van der Waals surface area contributed by atoms with Crippen LogP contribution in [0.25, 0.3) is 0 Å². The summed E-state index contributed by atoms with van der Waals surface area (Å²) in [6, 6.07) is 10.1. The van der Waals surface area contributed by atoms with E-state index in [-0.39, 0.29) is 11.6 Å². The van der Waals surface area contributed by atoms with Crippen molar-refractivity contribution in [3.63, 3.8) is 0 Å². The lowest BCUT2D eigenvalue weighted by atomic mass is 10.1. The topological polar surface area (TPSA) is 69.6 Å². The van der Waals surface area contributed by atoms with E-state index in [0.717, 1.165) is 6.42 Å². The third-order valence-electron chi connectivity index (χ3n) is 3.03. The molecule has 0 radical (unpaired) electrons. The van der Waals surface area contributed by atoms with Gasteiger partial charge in [-0.2, -0.15) is 0 Å². The molecule has 1 aromatic carbocycles. The molecule has 0 atom stereocenters. The van der Waals surface area contributed by atoms with E-state index in [0.29, 0.717) is 12.2 Å². The van der Waals surface area contributed by atoms with Gasteiger partial charge in [-0.3, -0.25) is 4.90 Å². The lowest BCUT2D eigenvalue weighted by molar-refractivity contribution is 0.0697. The molecule has 21 heavy (non-hydrogen) atoms. The minimum Gasteiger partial charge on any atom is -0.478 e. The van der Waals surface area contributed by atoms with Crippen LogP contribution in [0.1, 0.15) is 15.2 Å². The molecule has 0 saturated heterocycles. The van der Waals surface area contributed by atoms with Crippen molar-refractivity contribution < 1.29 is 14.7 Å². The van der Waals surface area contributed by atoms with Gasteiger partial charge in [0.05, 0.1) is 11.3 Å². The van der Waals surface area contributed by atoms with Gasteiger partial charge in [0.25, 0.3) is 0 Å². The van der Waals surface area contributed by atoms with Crippen molar-refractivity contribution in [2.24, 2.45) is 0 Å². The maximum absolute atomic E-state index is 12.1. The van der Waals surface area contributed by atoms with Crippen LogP contribution in [0.5, 0.6) is 0 Å². The third-order valence-corrected chi connectivity index (χ3v) is 3.96. The Balaban J connectivity index is 1.97. The second kappa shape index (κ2) is 6.90. The molecule has 0 aliphatic rings. The number of hydrogen-bond acceptors (Lipinski definition) is 3. The summed E-state index contributed by atoms with van der Waals surface area (Å²) in [4.78, 5) is 25.7. The number of aromatic carboxylic acids is 1. The molecule has 0 spiro atoms. The van der Waals surface area contributed by atoms with Crippen molar-refractivity contribution in [2.45, 2.75) is 6.42 Å². The fraction of sp³-hybridized carbons (Fsp3) is 0.200. The standard InChI is InChI=1S/C15H16N2O3S/c1-17(13-7-3-2-6-12(13)14(18)19)15(20)16-9-8-11-5-4-10-21-11/h2-7,10H,8-9H2,1H3,(H,16,20)(H,18,19). The molecular formula is C15H16N2O3S. The lowest BCUT2D eigenvalue weighted by Gasteiger charge is -2.19. The third kappa shape index (κ3) is 3.82. The number of thiophene rings is 1.